The van der Waals surface area contributed by atoms with E-state index >= 15 is 0 Å². The van der Waals surface area contributed by atoms with Gasteiger partial charge in [-0.3, -0.25) is 14.3 Å². The number of Topliss-reactive ketones (excluding diaryl/α,β-unsaturated/α-hetero) is 1. The second-order valence-corrected chi connectivity index (χ2v) is 9.30. The number of hydrogen-bond donors (Lipinski definition) is 0. The summed E-state index contributed by atoms with van der Waals surface area (Å²) in [6, 6.07) is 12.7. The molecule has 1 aromatic carbocycles. The number of ketones is 1. The van der Waals surface area contributed by atoms with Gasteiger partial charge in [0.2, 0.25) is 0 Å². The van der Waals surface area contributed by atoms with Gasteiger partial charge < -0.3 is 4.57 Å². The summed E-state index contributed by atoms with van der Waals surface area (Å²) in [5, 5.41) is 9.58. The number of carbonyl (C=O) groups excluding carboxylic acids is 1. The van der Waals surface area contributed by atoms with Crippen molar-refractivity contribution in [1.29, 1.82) is 0 Å². The highest BCUT2D eigenvalue weighted by atomic mass is 32.2. The van der Waals surface area contributed by atoms with E-state index in [0.29, 0.717) is 23.9 Å². The monoisotopic (exact) mass is 461 g/mol. The Morgan fingerprint density at radius 1 is 1.09 bits per heavy atom. The van der Waals surface area contributed by atoms with Gasteiger partial charge in [0.25, 0.3) is 0 Å². The molecule has 5 rings (SSSR count). The van der Waals surface area contributed by atoms with Gasteiger partial charge in [0, 0.05) is 47.5 Å². The molecule has 8 heteroatoms. The molecule has 3 aromatic heterocycles. The van der Waals surface area contributed by atoms with Crippen LogP contribution in [0.5, 0.6) is 0 Å². The van der Waals surface area contributed by atoms with Crippen LogP contribution in [0.15, 0.2) is 60.0 Å². The molecule has 0 aliphatic heterocycles. The van der Waals surface area contributed by atoms with Crippen LogP contribution < -0.4 is 0 Å². The van der Waals surface area contributed by atoms with Gasteiger partial charge in [0.15, 0.2) is 16.8 Å². The molecule has 1 saturated carbocycles. The Balaban J connectivity index is 1.33. The first-order valence-corrected chi connectivity index (χ1v) is 11.9. The maximum absolute atomic E-state index is 13.2. The number of rotatable bonds is 8. The van der Waals surface area contributed by atoms with Crippen molar-refractivity contribution in [3.8, 4) is 11.4 Å². The van der Waals surface area contributed by atoms with Gasteiger partial charge in [-0.1, -0.05) is 23.9 Å². The molecule has 0 unspecified atom stereocenters. The van der Waals surface area contributed by atoms with Gasteiger partial charge in [-0.05, 0) is 62.6 Å². The van der Waals surface area contributed by atoms with E-state index in [4.69, 9.17) is 0 Å². The average Bonchev–Trinajstić information content (AvgIpc) is 3.52. The lowest BCUT2D eigenvalue weighted by Crippen LogP contribution is -2.08. The summed E-state index contributed by atoms with van der Waals surface area (Å²) < 4.78 is 17.5. The Morgan fingerprint density at radius 3 is 2.52 bits per heavy atom. The van der Waals surface area contributed by atoms with Crippen molar-refractivity contribution in [3.05, 3.63) is 83.2 Å². The van der Waals surface area contributed by atoms with Crippen LogP contribution in [-0.4, -0.2) is 35.9 Å². The van der Waals surface area contributed by atoms with Gasteiger partial charge in [0.1, 0.15) is 5.82 Å². The summed E-state index contributed by atoms with van der Waals surface area (Å²) in [4.78, 5) is 17.2. The maximum atomic E-state index is 13.2. The number of pyridine rings is 1. The minimum Gasteiger partial charge on any atom is -0.344 e. The van der Waals surface area contributed by atoms with Crippen molar-refractivity contribution < 1.29 is 9.18 Å². The van der Waals surface area contributed by atoms with Crippen LogP contribution in [0.3, 0.4) is 0 Å². The SMILES string of the molecule is Cc1cc(C(=O)CSc2nnc(-c3ccncc3)n2C2CC2)c(C)n1Cc1ccc(F)cc1. The highest BCUT2D eigenvalue weighted by Crippen LogP contribution is 2.41. The molecule has 0 atom stereocenters. The molecule has 0 N–H and O–H groups in total. The second kappa shape index (κ2) is 8.94. The van der Waals surface area contributed by atoms with Crippen LogP contribution in [0.1, 0.15) is 46.2 Å². The summed E-state index contributed by atoms with van der Waals surface area (Å²) in [7, 11) is 0. The van der Waals surface area contributed by atoms with Gasteiger partial charge in [0.05, 0.1) is 5.75 Å². The molecule has 0 radical (unpaired) electrons. The van der Waals surface area contributed by atoms with Crippen LogP contribution in [0.25, 0.3) is 11.4 Å². The third-order valence-corrected chi connectivity index (χ3v) is 6.92. The van der Waals surface area contributed by atoms with E-state index in [1.54, 1.807) is 24.5 Å². The first-order chi connectivity index (χ1) is 16.0. The van der Waals surface area contributed by atoms with Crippen LogP contribution in [0, 0.1) is 19.7 Å². The number of benzene rings is 1. The molecule has 3 heterocycles. The van der Waals surface area contributed by atoms with E-state index in [1.165, 1.54) is 23.9 Å². The standard InChI is InChI=1S/C25H24FN5OS/c1-16-13-22(17(2)30(16)14-18-3-5-20(26)6-4-18)23(32)15-33-25-29-28-24(31(25)21-7-8-21)19-9-11-27-12-10-19/h3-6,9-13,21H,7-8,14-15H2,1-2H3. The van der Waals surface area contributed by atoms with Crippen LogP contribution in [0.4, 0.5) is 4.39 Å². The molecule has 4 aromatic rings. The van der Waals surface area contributed by atoms with E-state index in [1.807, 2.05) is 32.0 Å². The molecule has 168 valence electrons. The third kappa shape index (κ3) is 4.48. The molecule has 0 bridgehead atoms. The molecule has 0 spiro atoms. The zero-order valence-electron chi connectivity index (χ0n) is 18.5. The first kappa shape index (κ1) is 21.6. The van der Waals surface area contributed by atoms with Gasteiger partial charge in [-0.2, -0.15) is 0 Å². The normalized spacial score (nSPS) is 13.4. The zero-order valence-corrected chi connectivity index (χ0v) is 19.3. The number of halogens is 1. The molecule has 0 amide bonds. The Morgan fingerprint density at radius 2 is 1.82 bits per heavy atom. The molecule has 1 aliphatic rings. The predicted octanol–water partition coefficient (Wildman–Crippen LogP) is 5.26. The number of aromatic nitrogens is 5. The lowest BCUT2D eigenvalue weighted by molar-refractivity contribution is 0.102. The quantitative estimate of drug-likeness (QED) is 0.265. The lowest BCUT2D eigenvalue weighted by atomic mass is 10.2. The minimum absolute atomic E-state index is 0.0641. The van der Waals surface area contributed by atoms with E-state index in [-0.39, 0.29) is 11.6 Å². The lowest BCUT2D eigenvalue weighted by Gasteiger charge is -2.10. The molecule has 33 heavy (non-hydrogen) atoms. The first-order valence-electron chi connectivity index (χ1n) is 10.9. The van der Waals surface area contributed by atoms with Crippen molar-refractivity contribution in [1.82, 2.24) is 24.3 Å². The second-order valence-electron chi connectivity index (χ2n) is 8.35. The number of hydrogen-bond acceptors (Lipinski definition) is 5. The number of thioether (sulfide) groups is 1. The molecule has 0 saturated heterocycles. The van der Waals surface area contributed by atoms with Crippen LogP contribution >= 0.6 is 11.8 Å². The van der Waals surface area contributed by atoms with E-state index in [9.17, 15) is 9.18 Å². The fraction of sp³-hybridized carbons (Fsp3) is 0.280. The van der Waals surface area contributed by atoms with Gasteiger partial charge >= 0.3 is 0 Å². The average molecular weight is 462 g/mol. The zero-order chi connectivity index (χ0) is 22.9. The minimum atomic E-state index is -0.251. The Hall–Kier alpha value is -3.26. The topological polar surface area (TPSA) is 65.6 Å². The molecule has 1 fully saturated rings. The summed E-state index contributed by atoms with van der Waals surface area (Å²) in [6.07, 6.45) is 5.70. The van der Waals surface area contributed by atoms with Crippen molar-refractivity contribution in [2.24, 2.45) is 0 Å². The molecule has 6 nitrogen and oxygen atoms in total. The summed E-state index contributed by atoms with van der Waals surface area (Å²) >= 11 is 1.44. The number of aryl methyl sites for hydroxylation is 1. The number of carbonyl (C=O) groups is 1. The Bertz CT molecular complexity index is 1290. The van der Waals surface area contributed by atoms with E-state index in [2.05, 4.69) is 24.3 Å². The smallest absolute Gasteiger partial charge is 0.192 e. The van der Waals surface area contributed by atoms with Crippen molar-refractivity contribution >= 4 is 17.5 Å². The van der Waals surface area contributed by atoms with Crippen molar-refractivity contribution in [2.45, 2.75) is 44.4 Å². The molecular weight excluding hydrogens is 437 g/mol. The molecule has 1 aliphatic carbocycles. The number of nitrogens with zero attached hydrogens (tertiary/aromatic N) is 5. The highest BCUT2D eigenvalue weighted by molar-refractivity contribution is 7.99. The predicted molar refractivity (Wildman–Crippen MR) is 126 cm³/mol. The van der Waals surface area contributed by atoms with Gasteiger partial charge in [-0.15, -0.1) is 10.2 Å². The largest absolute Gasteiger partial charge is 0.344 e. The van der Waals surface area contributed by atoms with Crippen LogP contribution in [-0.2, 0) is 6.54 Å². The van der Waals surface area contributed by atoms with E-state index < -0.39 is 0 Å². The van der Waals surface area contributed by atoms with Gasteiger partial charge in [-0.25, -0.2) is 4.39 Å². The Kier molecular flexibility index (Phi) is 5.85. The fourth-order valence-corrected chi connectivity index (χ4v) is 4.93. The summed E-state index contributed by atoms with van der Waals surface area (Å²) in [6.45, 7) is 4.55. The van der Waals surface area contributed by atoms with Crippen LogP contribution in [0.2, 0.25) is 0 Å². The fourth-order valence-electron chi connectivity index (χ4n) is 4.04. The molecular formula is C25H24FN5OS. The Labute approximate surface area is 195 Å². The third-order valence-electron chi connectivity index (χ3n) is 5.98. The summed E-state index contributed by atoms with van der Waals surface area (Å²) in [5.74, 6) is 0.933. The van der Waals surface area contributed by atoms with Crippen molar-refractivity contribution in [2.75, 3.05) is 5.75 Å². The maximum Gasteiger partial charge on any atom is 0.192 e. The summed E-state index contributed by atoms with van der Waals surface area (Å²) in [5.41, 5.74) is 4.61. The van der Waals surface area contributed by atoms with E-state index in [0.717, 1.165) is 46.3 Å². The highest BCUT2D eigenvalue weighted by Gasteiger charge is 2.30. The van der Waals surface area contributed by atoms with Crippen molar-refractivity contribution in [3.63, 3.8) is 0 Å².